The van der Waals surface area contributed by atoms with Crippen molar-refractivity contribution in [2.45, 2.75) is 0 Å². The van der Waals surface area contributed by atoms with Crippen molar-refractivity contribution in [1.82, 2.24) is 10.2 Å². The van der Waals surface area contributed by atoms with Gasteiger partial charge in [0.05, 0.1) is 0 Å². The molecule has 0 radical (unpaired) electrons. The third-order valence-electron chi connectivity index (χ3n) is 0.838. The van der Waals surface area contributed by atoms with Gasteiger partial charge in [-0.15, -0.1) is 0 Å². The summed E-state index contributed by atoms with van der Waals surface area (Å²) in [6.07, 6.45) is 0. The summed E-state index contributed by atoms with van der Waals surface area (Å²) in [5.41, 5.74) is 12.3. The molecular weight excluding hydrogens is 207 g/mol. The first-order valence-corrected chi connectivity index (χ1v) is 4.84. The first kappa shape index (κ1) is 16.2. The molecule has 6 N–H and O–H groups in total. The van der Waals surface area contributed by atoms with E-state index in [1.807, 2.05) is 0 Å². The molecule has 7 nitrogen and oxygen atoms in total. The predicted molar refractivity (Wildman–Crippen MR) is 51.3 cm³/mol. The summed E-state index contributed by atoms with van der Waals surface area (Å²) in [5, 5.41) is 0. The predicted octanol–water partition coefficient (Wildman–Crippen LogP) is -3.39. The van der Waals surface area contributed by atoms with Crippen molar-refractivity contribution >= 4 is 39.9 Å². The van der Waals surface area contributed by atoms with E-state index in [-0.39, 0.29) is 49.2 Å². The molecule has 76 valence electrons. The zero-order chi connectivity index (χ0) is 9.45. The fourth-order valence-corrected chi connectivity index (χ4v) is 1.06. The van der Waals surface area contributed by atoms with Crippen LogP contribution in [0.3, 0.4) is 0 Å². The van der Waals surface area contributed by atoms with Crippen LogP contribution in [0.15, 0.2) is 0 Å². The standard InChI is InChI=1S/C4H14N4O3S.Na.H/c5-1-3-7-11-12(9,10)8-4-2-6;;/h7-8H,1-6H2;;. The SMILES string of the molecule is NCCNOS(=O)(=O)NCCN.[NaH]. The van der Waals surface area contributed by atoms with Crippen molar-refractivity contribution in [3.63, 3.8) is 0 Å². The minimum atomic E-state index is -3.71. The Labute approximate surface area is 100 Å². The van der Waals surface area contributed by atoms with Gasteiger partial charge in [0, 0.05) is 26.2 Å². The maximum atomic E-state index is 10.8. The Balaban J connectivity index is 0. The number of nitrogens with one attached hydrogen (secondary N) is 2. The molecule has 0 aliphatic rings. The summed E-state index contributed by atoms with van der Waals surface area (Å²) >= 11 is 0. The fourth-order valence-electron chi connectivity index (χ4n) is 0.392. The zero-order valence-corrected chi connectivity index (χ0v) is 7.43. The van der Waals surface area contributed by atoms with E-state index < -0.39 is 10.3 Å². The van der Waals surface area contributed by atoms with Crippen molar-refractivity contribution in [2.75, 3.05) is 26.2 Å². The van der Waals surface area contributed by atoms with Gasteiger partial charge in [-0.3, -0.25) is 0 Å². The van der Waals surface area contributed by atoms with Crippen molar-refractivity contribution in [3.05, 3.63) is 0 Å². The molecule has 0 aliphatic heterocycles. The maximum absolute atomic E-state index is 10.8. The molecular formula is C4H15N4NaO3S. The molecule has 0 saturated carbocycles. The summed E-state index contributed by atoms with van der Waals surface area (Å²) in [7, 11) is -3.71. The molecule has 0 aromatic rings. The molecule has 0 atom stereocenters. The molecule has 0 aromatic heterocycles. The van der Waals surface area contributed by atoms with Crippen LogP contribution in [-0.2, 0) is 14.6 Å². The molecule has 0 spiro atoms. The second kappa shape index (κ2) is 9.31. The van der Waals surface area contributed by atoms with Crippen LogP contribution in [0, 0.1) is 0 Å². The van der Waals surface area contributed by atoms with Crippen LogP contribution in [0.1, 0.15) is 0 Å². The van der Waals surface area contributed by atoms with Crippen molar-refractivity contribution in [1.29, 1.82) is 0 Å². The van der Waals surface area contributed by atoms with E-state index in [1.165, 1.54) is 0 Å². The van der Waals surface area contributed by atoms with Crippen LogP contribution < -0.4 is 21.7 Å². The van der Waals surface area contributed by atoms with Gasteiger partial charge in [0.15, 0.2) is 0 Å². The fraction of sp³-hybridized carbons (Fsp3) is 1.00. The van der Waals surface area contributed by atoms with E-state index in [0.29, 0.717) is 6.54 Å². The average molecular weight is 222 g/mol. The second-order valence-corrected chi connectivity index (χ2v) is 3.27. The van der Waals surface area contributed by atoms with Gasteiger partial charge in [-0.2, -0.15) is 22.9 Å². The van der Waals surface area contributed by atoms with Crippen molar-refractivity contribution < 1.29 is 12.7 Å². The quantitative estimate of drug-likeness (QED) is 0.203. The topological polar surface area (TPSA) is 119 Å². The zero-order valence-electron chi connectivity index (χ0n) is 6.62. The molecule has 0 saturated heterocycles. The molecule has 0 unspecified atom stereocenters. The Bertz CT molecular complexity index is 198. The Morgan fingerprint density at radius 2 is 1.69 bits per heavy atom. The summed E-state index contributed by atoms with van der Waals surface area (Å²) < 4.78 is 27.9. The Hall–Kier alpha value is 0.750. The molecule has 0 bridgehead atoms. The van der Waals surface area contributed by atoms with Gasteiger partial charge in [0.1, 0.15) is 0 Å². The number of nitrogens with two attached hydrogens (primary N) is 2. The van der Waals surface area contributed by atoms with Gasteiger partial charge in [0.2, 0.25) is 0 Å². The summed E-state index contributed by atoms with van der Waals surface area (Å²) in [4.78, 5) is 0. The number of hydroxylamine groups is 1. The van der Waals surface area contributed by atoms with E-state index in [9.17, 15) is 8.42 Å². The van der Waals surface area contributed by atoms with Crippen molar-refractivity contribution in [2.24, 2.45) is 11.5 Å². The third kappa shape index (κ3) is 10.7. The van der Waals surface area contributed by atoms with Crippen LogP contribution in [0.25, 0.3) is 0 Å². The molecule has 0 rings (SSSR count). The van der Waals surface area contributed by atoms with Gasteiger partial charge in [-0.1, -0.05) is 0 Å². The van der Waals surface area contributed by atoms with Gasteiger partial charge in [-0.25, -0.2) is 0 Å². The first-order valence-electron chi connectivity index (χ1n) is 3.43. The van der Waals surface area contributed by atoms with Crippen LogP contribution in [0.5, 0.6) is 0 Å². The van der Waals surface area contributed by atoms with E-state index in [2.05, 4.69) is 14.5 Å². The number of hydrogen-bond donors (Lipinski definition) is 4. The monoisotopic (exact) mass is 222 g/mol. The molecule has 13 heavy (non-hydrogen) atoms. The van der Waals surface area contributed by atoms with E-state index >= 15 is 0 Å². The van der Waals surface area contributed by atoms with Gasteiger partial charge in [0.25, 0.3) is 0 Å². The van der Waals surface area contributed by atoms with E-state index in [4.69, 9.17) is 11.5 Å². The normalized spacial score (nSPS) is 10.9. The average Bonchev–Trinajstić information content (AvgIpc) is 2.01. The van der Waals surface area contributed by atoms with Gasteiger partial charge in [-0.05, 0) is 0 Å². The summed E-state index contributed by atoms with van der Waals surface area (Å²) in [6, 6.07) is 0. The molecule has 0 fully saturated rings. The van der Waals surface area contributed by atoms with Crippen LogP contribution in [-0.4, -0.2) is 64.2 Å². The Kier molecular flexibility index (Phi) is 11.6. The van der Waals surface area contributed by atoms with Crippen LogP contribution in [0.4, 0.5) is 0 Å². The molecule has 0 amide bonds. The van der Waals surface area contributed by atoms with Crippen LogP contribution in [0.2, 0.25) is 0 Å². The minimum absolute atomic E-state index is 0. The summed E-state index contributed by atoms with van der Waals surface area (Å²) in [6.45, 7) is 0.933. The first-order chi connectivity index (χ1) is 5.62. The Morgan fingerprint density at radius 1 is 1.15 bits per heavy atom. The van der Waals surface area contributed by atoms with E-state index in [1.54, 1.807) is 0 Å². The summed E-state index contributed by atoms with van der Waals surface area (Å²) in [5.74, 6) is 0. The number of hydrogen-bond acceptors (Lipinski definition) is 6. The molecule has 9 heteroatoms. The second-order valence-electron chi connectivity index (χ2n) is 1.90. The van der Waals surface area contributed by atoms with Gasteiger partial charge < -0.3 is 11.5 Å². The Morgan fingerprint density at radius 3 is 2.15 bits per heavy atom. The van der Waals surface area contributed by atoms with Crippen molar-refractivity contribution in [3.8, 4) is 0 Å². The molecule has 0 aromatic carbocycles. The van der Waals surface area contributed by atoms with Crippen LogP contribution >= 0.6 is 0 Å². The van der Waals surface area contributed by atoms with E-state index in [0.717, 1.165) is 0 Å². The number of rotatable bonds is 7. The van der Waals surface area contributed by atoms with Gasteiger partial charge >= 0.3 is 39.9 Å². The third-order valence-corrected chi connectivity index (χ3v) is 1.73. The molecule has 0 aliphatic carbocycles. The molecule has 0 heterocycles.